The van der Waals surface area contributed by atoms with Gasteiger partial charge in [0.2, 0.25) is 5.91 Å². The van der Waals surface area contributed by atoms with Crippen LogP contribution in [0.3, 0.4) is 0 Å². The Balaban J connectivity index is 2.37. The van der Waals surface area contributed by atoms with E-state index in [-0.39, 0.29) is 0 Å². The summed E-state index contributed by atoms with van der Waals surface area (Å²) >= 11 is 12.8. The van der Waals surface area contributed by atoms with Crippen LogP contribution in [0.15, 0.2) is 51.4 Å². The predicted octanol–water partition coefficient (Wildman–Crippen LogP) is 4.50. The van der Waals surface area contributed by atoms with Crippen molar-refractivity contribution in [2.75, 3.05) is 5.32 Å². The van der Waals surface area contributed by atoms with Crippen LogP contribution in [0.1, 0.15) is 11.6 Å². The van der Waals surface area contributed by atoms with Gasteiger partial charge < -0.3 is 11.1 Å². The van der Waals surface area contributed by atoms with Gasteiger partial charge in [-0.2, -0.15) is 0 Å². The van der Waals surface area contributed by atoms with E-state index < -0.39 is 11.9 Å². The molecule has 1 unspecified atom stereocenters. The zero-order chi connectivity index (χ0) is 14.7. The van der Waals surface area contributed by atoms with Crippen molar-refractivity contribution >= 4 is 55.1 Å². The Hall–Kier alpha value is -1.04. The van der Waals surface area contributed by atoms with Crippen molar-refractivity contribution in [1.29, 1.82) is 0 Å². The van der Waals surface area contributed by atoms with Crippen LogP contribution < -0.4 is 11.1 Å². The average Bonchev–Trinajstić information content (AvgIpc) is 2.39. The summed E-state index contributed by atoms with van der Waals surface area (Å²) in [6.07, 6.45) is 0. The second-order valence-electron chi connectivity index (χ2n) is 4.16. The minimum Gasteiger partial charge on any atom is -0.370 e. The molecule has 1 atom stereocenters. The number of nitrogens with two attached hydrogens (primary N) is 1. The summed E-state index contributed by atoms with van der Waals surface area (Å²) in [5.41, 5.74) is 6.98. The molecule has 0 spiro atoms. The van der Waals surface area contributed by atoms with E-state index in [9.17, 15) is 4.79 Å². The third-order valence-corrected chi connectivity index (χ3v) is 4.14. The molecule has 0 aliphatic carbocycles. The number of hydrogen-bond acceptors (Lipinski definition) is 2. The number of primary amides is 1. The first-order valence-corrected chi connectivity index (χ1v) is 7.70. The second kappa shape index (κ2) is 6.61. The van der Waals surface area contributed by atoms with Crippen molar-refractivity contribution in [3.63, 3.8) is 0 Å². The number of anilines is 1. The minimum absolute atomic E-state index is 0.479. The van der Waals surface area contributed by atoms with Gasteiger partial charge in [0.15, 0.2) is 0 Å². The summed E-state index contributed by atoms with van der Waals surface area (Å²) in [6.45, 7) is 0. The van der Waals surface area contributed by atoms with Gasteiger partial charge in [-0.15, -0.1) is 0 Å². The van der Waals surface area contributed by atoms with E-state index in [1.165, 1.54) is 0 Å². The van der Waals surface area contributed by atoms with Crippen molar-refractivity contribution in [3.05, 3.63) is 62.0 Å². The average molecular weight is 419 g/mol. The second-order valence-corrected chi connectivity index (χ2v) is 6.36. The van der Waals surface area contributed by atoms with Crippen LogP contribution in [-0.2, 0) is 4.79 Å². The Kier molecular flexibility index (Phi) is 5.07. The normalized spacial score (nSPS) is 11.9. The molecule has 0 saturated heterocycles. The number of halogens is 3. The zero-order valence-electron chi connectivity index (χ0n) is 10.2. The summed E-state index contributed by atoms with van der Waals surface area (Å²) < 4.78 is 1.68. The Morgan fingerprint density at radius 3 is 2.60 bits per heavy atom. The van der Waals surface area contributed by atoms with Gasteiger partial charge in [-0.3, -0.25) is 4.79 Å². The van der Waals surface area contributed by atoms with E-state index in [1.807, 2.05) is 24.3 Å². The third-order valence-electron chi connectivity index (χ3n) is 2.69. The molecule has 0 saturated carbocycles. The van der Waals surface area contributed by atoms with Gasteiger partial charge in [0, 0.05) is 19.7 Å². The predicted molar refractivity (Wildman–Crippen MR) is 88.9 cm³/mol. The van der Waals surface area contributed by atoms with Crippen LogP contribution in [0.25, 0.3) is 0 Å². The lowest BCUT2D eigenvalue weighted by Crippen LogP contribution is -2.28. The van der Waals surface area contributed by atoms with Gasteiger partial charge in [-0.25, -0.2) is 0 Å². The number of rotatable bonds is 4. The fourth-order valence-electron chi connectivity index (χ4n) is 1.78. The van der Waals surface area contributed by atoms with E-state index in [0.717, 1.165) is 14.6 Å². The number of benzene rings is 2. The van der Waals surface area contributed by atoms with E-state index in [4.69, 9.17) is 17.3 Å². The molecule has 2 aromatic rings. The van der Waals surface area contributed by atoms with Gasteiger partial charge in [-0.05, 0) is 42.0 Å². The van der Waals surface area contributed by atoms with Gasteiger partial charge in [0.05, 0.1) is 0 Å². The van der Waals surface area contributed by atoms with Gasteiger partial charge in [-0.1, -0.05) is 49.5 Å². The van der Waals surface area contributed by atoms with Crippen LogP contribution in [-0.4, -0.2) is 5.91 Å². The van der Waals surface area contributed by atoms with Gasteiger partial charge in [0.1, 0.15) is 6.04 Å². The molecule has 0 aliphatic heterocycles. The highest BCUT2D eigenvalue weighted by Gasteiger charge is 2.20. The molecule has 20 heavy (non-hydrogen) atoms. The van der Waals surface area contributed by atoms with Crippen LogP contribution in [0.5, 0.6) is 0 Å². The molecule has 2 aromatic carbocycles. The number of carbonyl (C=O) groups is 1. The number of carbonyl (C=O) groups excluding carboxylic acids is 1. The Labute approximate surface area is 138 Å². The molecule has 3 N–H and O–H groups in total. The lowest BCUT2D eigenvalue weighted by atomic mass is 10.1. The minimum atomic E-state index is -0.669. The summed E-state index contributed by atoms with van der Waals surface area (Å²) in [5.74, 6) is -0.479. The molecular formula is C14H11Br2ClN2O. The SMILES string of the molecule is NC(=O)C(Nc1cccc(Br)c1)c1cc(Cl)ccc1Br. The van der Waals surface area contributed by atoms with Gasteiger partial charge in [0.25, 0.3) is 0 Å². The Bertz CT molecular complexity index is 649. The Morgan fingerprint density at radius 2 is 1.95 bits per heavy atom. The summed E-state index contributed by atoms with van der Waals surface area (Å²) in [5, 5.41) is 3.66. The summed E-state index contributed by atoms with van der Waals surface area (Å²) in [4.78, 5) is 11.7. The van der Waals surface area contributed by atoms with Gasteiger partial charge >= 0.3 is 0 Å². The molecule has 6 heteroatoms. The molecule has 0 radical (unpaired) electrons. The highest BCUT2D eigenvalue weighted by molar-refractivity contribution is 9.10. The first kappa shape index (κ1) is 15.4. The zero-order valence-corrected chi connectivity index (χ0v) is 14.2. The fourth-order valence-corrected chi connectivity index (χ4v) is 2.84. The first-order chi connectivity index (χ1) is 9.47. The number of hydrogen-bond donors (Lipinski definition) is 2. The maximum Gasteiger partial charge on any atom is 0.244 e. The van der Waals surface area contributed by atoms with Crippen molar-refractivity contribution in [3.8, 4) is 0 Å². The monoisotopic (exact) mass is 416 g/mol. The van der Waals surface area contributed by atoms with Crippen molar-refractivity contribution in [2.24, 2.45) is 5.73 Å². The molecule has 1 amide bonds. The molecule has 0 fully saturated rings. The topological polar surface area (TPSA) is 55.1 Å². The van der Waals surface area contributed by atoms with Crippen molar-refractivity contribution in [1.82, 2.24) is 0 Å². The third kappa shape index (κ3) is 3.75. The molecule has 104 valence electrons. The van der Waals surface area contributed by atoms with E-state index in [0.29, 0.717) is 10.6 Å². The number of nitrogens with one attached hydrogen (secondary N) is 1. The van der Waals surface area contributed by atoms with Crippen LogP contribution >= 0.6 is 43.5 Å². The van der Waals surface area contributed by atoms with E-state index in [2.05, 4.69) is 37.2 Å². The largest absolute Gasteiger partial charge is 0.370 e. The van der Waals surface area contributed by atoms with Crippen LogP contribution in [0.4, 0.5) is 5.69 Å². The summed E-state index contributed by atoms with van der Waals surface area (Å²) in [7, 11) is 0. The van der Waals surface area contributed by atoms with Crippen LogP contribution in [0, 0.1) is 0 Å². The fraction of sp³-hybridized carbons (Fsp3) is 0.0714. The maximum absolute atomic E-state index is 11.7. The molecule has 0 heterocycles. The Morgan fingerprint density at radius 1 is 1.20 bits per heavy atom. The standard InChI is InChI=1S/C14H11Br2ClN2O/c15-8-2-1-3-10(6-8)19-13(14(18)20)11-7-9(17)4-5-12(11)16/h1-7,13,19H,(H2,18,20). The van der Waals surface area contributed by atoms with Crippen molar-refractivity contribution in [2.45, 2.75) is 6.04 Å². The summed E-state index contributed by atoms with van der Waals surface area (Å²) in [6, 6.07) is 12.1. The highest BCUT2D eigenvalue weighted by atomic mass is 79.9. The lowest BCUT2D eigenvalue weighted by molar-refractivity contribution is -0.118. The number of amides is 1. The van der Waals surface area contributed by atoms with Crippen molar-refractivity contribution < 1.29 is 4.79 Å². The molecule has 0 aromatic heterocycles. The smallest absolute Gasteiger partial charge is 0.244 e. The lowest BCUT2D eigenvalue weighted by Gasteiger charge is -2.19. The maximum atomic E-state index is 11.7. The first-order valence-electron chi connectivity index (χ1n) is 5.74. The van der Waals surface area contributed by atoms with E-state index in [1.54, 1.807) is 18.2 Å². The quantitative estimate of drug-likeness (QED) is 0.768. The molecule has 3 nitrogen and oxygen atoms in total. The van der Waals surface area contributed by atoms with E-state index >= 15 is 0 Å². The molecular weight excluding hydrogens is 407 g/mol. The highest BCUT2D eigenvalue weighted by Crippen LogP contribution is 2.29. The van der Waals surface area contributed by atoms with Crippen LogP contribution in [0.2, 0.25) is 5.02 Å². The molecule has 2 rings (SSSR count). The molecule has 0 aliphatic rings. The molecule has 0 bridgehead atoms.